The van der Waals surface area contributed by atoms with Gasteiger partial charge >= 0.3 is 0 Å². The zero-order valence-electron chi connectivity index (χ0n) is 12.1. The van der Waals surface area contributed by atoms with Gasteiger partial charge in [-0.1, -0.05) is 32.3 Å². The van der Waals surface area contributed by atoms with Crippen molar-refractivity contribution in [3.63, 3.8) is 0 Å². The Bertz CT molecular complexity index is 430. The molecule has 1 saturated carbocycles. The van der Waals surface area contributed by atoms with E-state index in [2.05, 4.69) is 40.3 Å². The Kier molecular flexibility index (Phi) is 5.87. The van der Waals surface area contributed by atoms with Gasteiger partial charge in [0, 0.05) is 6.54 Å². The standard InChI is InChI=1S/C16H24BrNO2/c1-2-18-11-13-6-7-15(14(17)10-13)20-12-16(19)8-4-3-5-9-16/h6-7,10,18-19H,2-5,8-9,11-12H2,1H3. The number of nitrogens with one attached hydrogen (secondary N) is 1. The molecule has 1 fully saturated rings. The van der Waals surface area contributed by atoms with Gasteiger partial charge in [0.1, 0.15) is 12.4 Å². The summed E-state index contributed by atoms with van der Waals surface area (Å²) in [7, 11) is 0. The van der Waals surface area contributed by atoms with Crippen LogP contribution in [0.1, 0.15) is 44.6 Å². The maximum absolute atomic E-state index is 10.4. The van der Waals surface area contributed by atoms with Gasteiger partial charge in [-0.2, -0.15) is 0 Å². The molecule has 0 spiro atoms. The van der Waals surface area contributed by atoms with Crippen LogP contribution in [0, 0.1) is 0 Å². The van der Waals surface area contributed by atoms with Crippen LogP contribution in [0.3, 0.4) is 0 Å². The molecule has 1 aromatic rings. The molecule has 2 rings (SSSR count). The summed E-state index contributed by atoms with van der Waals surface area (Å²) in [5, 5.41) is 13.7. The van der Waals surface area contributed by atoms with E-state index in [4.69, 9.17) is 4.74 Å². The smallest absolute Gasteiger partial charge is 0.133 e. The summed E-state index contributed by atoms with van der Waals surface area (Å²) in [5.41, 5.74) is 0.586. The Hall–Kier alpha value is -0.580. The van der Waals surface area contributed by atoms with Gasteiger partial charge in [-0.3, -0.25) is 0 Å². The molecule has 0 saturated heterocycles. The highest BCUT2D eigenvalue weighted by molar-refractivity contribution is 9.10. The second kappa shape index (κ2) is 7.43. The summed E-state index contributed by atoms with van der Waals surface area (Å²) in [6.45, 7) is 4.30. The Balaban J connectivity index is 1.92. The van der Waals surface area contributed by atoms with E-state index in [1.165, 1.54) is 12.0 Å². The van der Waals surface area contributed by atoms with Crippen LogP contribution in [0.5, 0.6) is 5.75 Å². The van der Waals surface area contributed by atoms with E-state index < -0.39 is 5.60 Å². The van der Waals surface area contributed by atoms with Gasteiger partial charge < -0.3 is 15.2 Å². The number of halogens is 1. The van der Waals surface area contributed by atoms with Crippen LogP contribution in [-0.4, -0.2) is 23.9 Å². The first kappa shape index (κ1) is 15.8. The molecular formula is C16H24BrNO2. The third kappa shape index (κ3) is 4.47. The lowest BCUT2D eigenvalue weighted by Gasteiger charge is -2.31. The maximum atomic E-state index is 10.4. The average molecular weight is 342 g/mol. The van der Waals surface area contributed by atoms with Gasteiger partial charge in [-0.15, -0.1) is 0 Å². The summed E-state index contributed by atoms with van der Waals surface area (Å²) in [5.74, 6) is 0.809. The Morgan fingerprint density at radius 2 is 2.05 bits per heavy atom. The Labute approximate surface area is 129 Å². The number of ether oxygens (including phenoxy) is 1. The summed E-state index contributed by atoms with van der Waals surface area (Å²) in [4.78, 5) is 0. The van der Waals surface area contributed by atoms with E-state index in [9.17, 15) is 5.11 Å². The van der Waals surface area contributed by atoms with Crippen LogP contribution in [0.2, 0.25) is 0 Å². The van der Waals surface area contributed by atoms with Gasteiger partial charge in [0.15, 0.2) is 0 Å². The van der Waals surface area contributed by atoms with Gasteiger partial charge in [0.25, 0.3) is 0 Å². The van der Waals surface area contributed by atoms with Crippen molar-refractivity contribution in [2.45, 2.75) is 51.2 Å². The minimum atomic E-state index is -0.639. The van der Waals surface area contributed by atoms with Crippen molar-refractivity contribution in [3.05, 3.63) is 28.2 Å². The zero-order valence-corrected chi connectivity index (χ0v) is 13.7. The normalized spacial score (nSPS) is 17.9. The fourth-order valence-electron chi connectivity index (χ4n) is 2.61. The van der Waals surface area contributed by atoms with Gasteiger partial charge in [-0.05, 0) is 53.0 Å². The lowest BCUT2D eigenvalue weighted by atomic mass is 9.85. The largest absolute Gasteiger partial charge is 0.489 e. The summed E-state index contributed by atoms with van der Waals surface area (Å²) >= 11 is 3.55. The molecule has 2 N–H and O–H groups in total. The highest BCUT2D eigenvalue weighted by Crippen LogP contribution is 2.31. The monoisotopic (exact) mass is 341 g/mol. The van der Waals surface area contributed by atoms with E-state index in [0.29, 0.717) is 6.61 Å². The van der Waals surface area contributed by atoms with Crippen molar-refractivity contribution in [1.82, 2.24) is 5.32 Å². The fraction of sp³-hybridized carbons (Fsp3) is 0.625. The highest BCUT2D eigenvalue weighted by Gasteiger charge is 2.30. The number of hydrogen-bond donors (Lipinski definition) is 2. The van der Waals surface area contributed by atoms with Gasteiger partial charge in [-0.25, -0.2) is 0 Å². The number of rotatable bonds is 6. The van der Waals surface area contributed by atoms with E-state index >= 15 is 0 Å². The first-order chi connectivity index (χ1) is 9.63. The van der Waals surface area contributed by atoms with E-state index in [-0.39, 0.29) is 0 Å². The van der Waals surface area contributed by atoms with Crippen molar-refractivity contribution in [2.75, 3.05) is 13.2 Å². The third-order valence-corrected chi connectivity index (χ3v) is 4.48. The Morgan fingerprint density at radius 3 is 2.70 bits per heavy atom. The first-order valence-electron chi connectivity index (χ1n) is 7.47. The molecule has 0 heterocycles. The van der Waals surface area contributed by atoms with Crippen molar-refractivity contribution >= 4 is 15.9 Å². The molecule has 0 radical (unpaired) electrons. The number of benzene rings is 1. The first-order valence-corrected chi connectivity index (χ1v) is 8.26. The van der Waals surface area contributed by atoms with Crippen LogP contribution in [0.25, 0.3) is 0 Å². The second-order valence-corrected chi connectivity index (χ2v) is 6.47. The summed E-state index contributed by atoms with van der Waals surface area (Å²) < 4.78 is 6.77. The van der Waals surface area contributed by atoms with Crippen LogP contribution >= 0.6 is 15.9 Å². The molecule has 4 heteroatoms. The predicted octanol–water partition coefficient (Wildman–Crippen LogP) is 3.63. The third-order valence-electron chi connectivity index (χ3n) is 3.86. The minimum Gasteiger partial charge on any atom is -0.489 e. The predicted molar refractivity (Wildman–Crippen MR) is 85.1 cm³/mol. The molecule has 0 aliphatic heterocycles. The van der Waals surface area contributed by atoms with Crippen molar-refractivity contribution in [2.24, 2.45) is 0 Å². The number of hydrogen-bond acceptors (Lipinski definition) is 3. The van der Waals surface area contributed by atoms with Crippen LogP contribution in [0.15, 0.2) is 22.7 Å². The Morgan fingerprint density at radius 1 is 1.30 bits per heavy atom. The van der Waals surface area contributed by atoms with Crippen LogP contribution in [-0.2, 0) is 6.54 Å². The molecular weight excluding hydrogens is 318 g/mol. The lowest BCUT2D eigenvalue weighted by Crippen LogP contribution is -2.37. The highest BCUT2D eigenvalue weighted by atomic mass is 79.9. The molecule has 112 valence electrons. The molecule has 1 aromatic carbocycles. The second-order valence-electron chi connectivity index (χ2n) is 5.62. The molecule has 0 amide bonds. The summed E-state index contributed by atoms with van der Waals surface area (Å²) in [6.07, 6.45) is 5.13. The quantitative estimate of drug-likeness (QED) is 0.830. The minimum absolute atomic E-state index is 0.387. The van der Waals surface area contributed by atoms with E-state index in [0.717, 1.165) is 49.0 Å². The lowest BCUT2D eigenvalue weighted by molar-refractivity contribution is -0.0340. The molecule has 1 aliphatic rings. The van der Waals surface area contributed by atoms with Crippen LogP contribution < -0.4 is 10.1 Å². The number of aliphatic hydroxyl groups is 1. The molecule has 0 unspecified atom stereocenters. The molecule has 0 atom stereocenters. The van der Waals surface area contributed by atoms with E-state index in [1.807, 2.05) is 6.07 Å². The van der Waals surface area contributed by atoms with Crippen LogP contribution in [0.4, 0.5) is 0 Å². The topological polar surface area (TPSA) is 41.5 Å². The van der Waals surface area contributed by atoms with Crippen molar-refractivity contribution in [1.29, 1.82) is 0 Å². The average Bonchev–Trinajstić information content (AvgIpc) is 2.45. The fourth-order valence-corrected chi connectivity index (χ4v) is 3.15. The molecule has 3 nitrogen and oxygen atoms in total. The molecule has 1 aliphatic carbocycles. The van der Waals surface area contributed by atoms with Crippen molar-refractivity contribution in [3.8, 4) is 5.75 Å². The van der Waals surface area contributed by atoms with Crippen molar-refractivity contribution < 1.29 is 9.84 Å². The molecule has 20 heavy (non-hydrogen) atoms. The molecule has 0 bridgehead atoms. The van der Waals surface area contributed by atoms with Gasteiger partial charge in [0.2, 0.25) is 0 Å². The van der Waals surface area contributed by atoms with E-state index in [1.54, 1.807) is 0 Å². The summed E-state index contributed by atoms with van der Waals surface area (Å²) in [6, 6.07) is 6.11. The SMILES string of the molecule is CCNCc1ccc(OCC2(O)CCCCC2)c(Br)c1. The zero-order chi connectivity index (χ0) is 14.4. The molecule has 0 aromatic heterocycles. The van der Waals surface area contributed by atoms with Gasteiger partial charge in [0.05, 0.1) is 10.1 Å². The maximum Gasteiger partial charge on any atom is 0.133 e.